The summed E-state index contributed by atoms with van der Waals surface area (Å²) in [5, 5.41) is 0. The largest absolute Gasteiger partial charge is 0.485 e. The maximum atomic E-state index is 11.9. The van der Waals surface area contributed by atoms with E-state index in [1.54, 1.807) is 0 Å². The van der Waals surface area contributed by atoms with Crippen LogP contribution in [-0.2, 0) is 9.47 Å². The van der Waals surface area contributed by atoms with E-state index in [4.69, 9.17) is 0 Å². The van der Waals surface area contributed by atoms with E-state index >= 15 is 0 Å². The van der Waals surface area contributed by atoms with E-state index in [1.807, 2.05) is 0 Å². The highest BCUT2D eigenvalue weighted by Gasteiger charge is 2.38. The summed E-state index contributed by atoms with van der Waals surface area (Å²) >= 11 is 0. The minimum atomic E-state index is -3.58. The number of ether oxygens (including phenoxy) is 2. The highest BCUT2D eigenvalue weighted by atomic mass is 19.3. The van der Waals surface area contributed by atoms with E-state index in [-0.39, 0.29) is 0 Å². The fourth-order valence-corrected chi connectivity index (χ4v) is 0.465. The average Bonchev–Trinajstić information content (AvgIpc) is 1.78. The van der Waals surface area contributed by atoms with Crippen molar-refractivity contribution in [3.63, 3.8) is 0 Å². The quantitative estimate of drug-likeness (QED) is 0.500. The fraction of sp³-hybridized carbons (Fsp3) is 1.00. The number of hydrogen-bond acceptors (Lipinski definition) is 2. The lowest BCUT2D eigenvalue weighted by Crippen LogP contribution is -2.38. The molecule has 0 amide bonds. The molecule has 2 nitrogen and oxygen atoms in total. The summed E-state index contributed by atoms with van der Waals surface area (Å²) in [4.78, 5) is 0. The Hall–Kier alpha value is -0.290. The van der Waals surface area contributed by atoms with E-state index in [1.165, 1.54) is 0 Å². The van der Waals surface area contributed by atoms with Crippen LogP contribution in [0.3, 0.4) is 0 Å². The maximum Gasteiger partial charge on any atom is 0.485 e. The predicted octanol–water partition coefficient (Wildman–Crippen LogP) is 0.922. The molecular weight excluding hydrogens is 137 g/mol. The maximum absolute atomic E-state index is 11.9. The summed E-state index contributed by atoms with van der Waals surface area (Å²) in [7, 11) is 0. The van der Waals surface area contributed by atoms with Crippen molar-refractivity contribution in [2.24, 2.45) is 0 Å². The van der Waals surface area contributed by atoms with Crippen molar-refractivity contribution in [1.29, 1.82) is 0 Å². The molecule has 1 aliphatic rings. The van der Waals surface area contributed by atoms with Gasteiger partial charge in [0, 0.05) is 0 Å². The molecule has 54 valence electrons. The second-order valence-electron chi connectivity index (χ2n) is 1.68. The molecule has 0 aromatic rings. The average molecular weight is 142 g/mol. The molecule has 0 aliphatic carbocycles. The fourth-order valence-electron chi connectivity index (χ4n) is 0.465. The molecule has 1 saturated heterocycles. The first-order valence-corrected chi connectivity index (χ1v) is 2.40. The number of hydrogen-bond donors (Lipinski definition) is 0. The van der Waals surface area contributed by atoms with Gasteiger partial charge in [-0.1, -0.05) is 0 Å². The molecular formula is C4H5F3O2. The highest BCUT2D eigenvalue weighted by Crippen LogP contribution is 2.22. The number of alkyl halides is 3. The van der Waals surface area contributed by atoms with Gasteiger partial charge in [-0.15, -0.1) is 8.78 Å². The Morgan fingerprint density at radius 3 is 2.00 bits per heavy atom. The van der Waals surface area contributed by atoms with Crippen LogP contribution in [0.25, 0.3) is 0 Å². The third-order valence-corrected chi connectivity index (χ3v) is 0.864. The number of rotatable bonds is 0. The molecule has 0 aromatic heterocycles. The minimum absolute atomic E-state index is 0.590. The van der Waals surface area contributed by atoms with Crippen molar-refractivity contribution in [2.45, 2.75) is 12.5 Å². The third kappa shape index (κ3) is 1.83. The molecule has 0 radical (unpaired) electrons. The van der Waals surface area contributed by atoms with E-state index in [9.17, 15) is 13.2 Å². The molecule has 0 saturated carbocycles. The van der Waals surface area contributed by atoms with Gasteiger partial charge in [0.05, 0.1) is 13.2 Å². The molecule has 0 bridgehead atoms. The lowest BCUT2D eigenvalue weighted by molar-refractivity contribution is -0.419. The molecule has 5 heteroatoms. The second-order valence-corrected chi connectivity index (χ2v) is 1.68. The van der Waals surface area contributed by atoms with Gasteiger partial charge in [0.2, 0.25) is 0 Å². The van der Waals surface area contributed by atoms with Crippen LogP contribution in [0.5, 0.6) is 0 Å². The molecule has 1 rings (SSSR count). The van der Waals surface area contributed by atoms with Crippen molar-refractivity contribution in [3.05, 3.63) is 0 Å². The van der Waals surface area contributed by atoms with Crippen LogP contribution in [0.1, 0.15) is 0 Å². The van der Waals surface area contributed by atoms with Gasteiger partial charge in [0.15, 0.2) is 0 Å². The first-order valence-electron chi connectivity index (χ1n) is 2.40. The van der Waals surface area contributed by atoms with Gasteiger partial charge in [-0.25, -0.2) is 4.39 Å². The van der Waals surface area contributed by atoms with Gasteiger partial charge in [-0.05, 0) is 0 Å². The Labute approximate surface area is 49.6 Å². The third-order valence-electron chi connectivity index (χ3n) is 0.864. The van der Waals surface area contributed by atoms with Gasteiger partial charge in [-0.3, -0.25) is 9.47 Å². The zero-order valence-corrected chi connectivity index (χ0v) is 4.44. The topological polar surface area (TPSA) is 18.5 Å². The van der Waals surface area contributed by atoms with Gasteiger partial charge in [-0.2, -0.15) is 0 Å². The minimum Gasteiger partial charge on any atom is -0.293 e. The summed E-state index contributed by atoms with van der Waals surface area (Å²) in [6, 6.07) is 0. The summed E-state index contributed by atoms with van der Waals surface area (Å²) in [5.41, 5.74) is 0. The normalized spacial score (nSPS) is 28.3. The van der Waals surface area contributed by atoms with E-state index in [0.717, 1.165) is 0 Å². The number of halogens is 3. The zero-order valence-electron chi connectivity index (χ0n) is 4.44. The SMILES string of the molecule is FC1COC(F)(F)OC1. The van der Waals surface area contributed by atoms with Gasteiger partial charge in [0.25, 0.3) is 0 Å². The lowest BCUT2D eigenvalue weighted by atomic mass is 10.4. The molecule has 9 heavy (non-hydrogen) atoms. The zero-order chi connectivity index (χ0) is 6.91. The molecule has 1 heterocycles. The Kier molecular flexibility index (Phi) is 1.63. The standard InChI is InChI=1S/C4H5F3O2/c5-3-1-8-4(6,7)9-2-3/h3H,1-2H2. The van der Waals surface area contributed by atoms with Crippen molar-refractivity contribution in [3.8, 4) is 0 Å². The summed E-state index contributed by atoms with van der Waals surface area (Å²) in [5.74, 6) is 0. The Morgan fingerprint density at radius 1 is 1.22 bits per heavy atom. The summed E-state index contributed by atoms with van der Waals surface area (Å²) in [6.07, 6.45) is -5.01. The van der Waals surface area contributed by atoms with Crippen LogP contribution >= 0.6 is 0 Å². The van der Waals surface area contributed by atoms with Crippen molar-refractivity contribution in [2.75, 3.05) is 13.2 Å². The van der Waals surface area contributed by atoms with Crippen molar-refractivity contribution in [1.82, 2.24) is 0 Å². The molecule has 0 atom stereocenters. The van der Waals surface area contributed by atoms with Crippen LogP contribution in [0.15, 0.2) is 0 Å². The Balaban J connectivity index is 2.35. The van der Waals surface area contributed by atoms with Crippen LogP contribution in [-0.4, -0.2) is 25.7 Å². The second kappa shape index (κ2) is 2.15. The molecule has 1 aliphatic heterocycles. The van der Waals surface area contributed by atoms with Crippen LogP contribution in [0, 0.1) is 0 Å². The van der Waals surface area contributed by atoms with Crippen molar-refractivity contribution >= 4 is 0 Å². The predicted molar refractivity (Wildman–Crippen MR) is 21.7 cm³/mol. The van der Waals surface area contributed by atoms with Crippen LogP contribution in [0.4, 0.5) is 13.2 Å². The van der Waals surface area contributed by atoms with Crippen molar-refractivity contribution < 1.29 is 22.6 Å². The first kappa shape index (κ1) is 6.82. The molecule has 0 N–H and O–H groups in total. The van der Waals surface area contributed by atoms with E-state index in [2.05, 4.69) is 9.47 Å². The Morgan fingerprint density at radius 2 is 1.67 bits per heavy atom. The summed E-state index contributed by atoms with van der Waals surface area (Å²) in [6.45, 7) is -1.18. The van der Waals surface area contributed by atoms with Gasteiger partial charge >= 0.3 is 6.29 Å². The highest BCUT2D eigenvalue weighted by molar-refractivity contribution is 4.57. The van der Waals surface area contributed by atoms with E-state index < -0.39 is 25.7 Å². The van der Waals surface area contributed by atoms with Gasteiger partial charge in [0.1, 0.15) is 6.17 Å². The Bertz CT molecular complexity index is 96.0. The summed E-state index contributed by atoms with van der Waals surface area (Å²) < 4.78 is 42.8. The molecule has 0 unspecified atom stereocenters. The lowest BCUT2D eigenvalue weighted by Gasteiger charge is -2.23. The molecule has 0 spiro atoms. The van der Waals surface area contributed by atoms with Crippen LogP contribution in [0.2, 0.25) is 0 Å². The molecule has 1 fully saturated rings. The first-order chi connectivity index (χ1) is 4.10. The molecule has 0 aromatic carbocycles. The van der Waals surface area contributed by atoms with Crippen LogP contribution < -0.4 is 0 Å². The monoisotopic (exact) mass is 142 g/mol. The smallest absolute Gasteiger partial charge is 0.293 e. The van der Waals surface area contributed by atoms with Gasteiger partial charge < -0.3 is 0 Å². The van der Waals surface area contributed by atoms with E-state index in [0.29, 0.717) is 0 Å².